The van der Waals surface area contributed by atoms with Crippen molar-refractivity contribution in [2.24, 2.45) is 7.05 Å². The maximum Gasteiger partial charge on any atom is 0.290 e. The molecule has 1 aliphatic carbocycles. The summed E-state index contributed by atoms with van der Waals surface area (Å²) < 4.78 is 2.65. The quantitative estimate of drug-likeness (QED) is 0.689. The zero-order valence-electron chi connectivity index (χ0n) is 16.1. The Balaban J connectivity index is 1.80. The van der Waals surface area contributed by atoms with Crippen molar-refractivity contribution in [3.05, 3.63) is 43.0 Å². The second-order valence-electron chi connectivity index (χ2n) is 7.21. The molecule has 0 saturated heterocycles. The molecule has 7 nitrogen and oxygen atoms in total. The van der Waals surface area contributed by atoms with Crippen LogP contribution < -0.4 is 11.0 Å². The molecule has 9 heteroatoms. The first-order valence-corrected chi connectivity index (χ1v) is 10.6. The van der Waals surface area contributed by atoms with Crippen molar-refractivity contribution in [2.75, 3.05) is 5.43 Å². The largest absolute Gasteiger partial charge is 0.290 e. The highest BCUT2D eigenvalue weighted by Gasteiger charge is 2.23. The minimum Gasteiger partial charge on any atom is -0.267 e. The number of nitrogens with one attached hydrogen (secondary N) is 1. The third kappa shape index (κ3) is 3.14. The van der Waals surface area contributed by atoms with Crippen LogP contribution in [0.3, 0.4) is 0 Å². The third-order valence-corrected chi connectivity index (χ3v) is 6.87. The predicted molar refractivity (Wildman–Crippen MR) is 111 cm³/mol. The number of carbonyl (C=O) groups is 1. The number of hydrogen-bond acceptors (Lipinski definition) is 5. The molecular weight excluding hydrogens is 398 g/mol. The van der Waals surface area contributed by atoms with Gasteiger partial charge in [0.1, 0.15) is 16.3 Å². The number of amides is 1. The topological polar surface area (TPSA) is 81.8 Å². The molecule has 0 spiro atoms. The molecule has 0 radical (unpaired) electrons. The summed E-state index contributed by atoms with van der Waals surface area (Å²) in [5.41, 5.74) is 4.32. The van der Waals surface area contributed by atoms with E-state index in [1.165, 1.54) is 27.1 Å². The van der Waals surface area contributed by atoms with Crippen LogP contribution in [-0.4, -0.2) is 25.3 Å². The van der Waals surface area contributed by atoms with Crippen molar-refractivity contribution in [3.8, 4) is 0 Å². The monoisotopic (exact) mass is 419 g/mol. The highest BCUT2D eigenvalue weighted by atomic mass is 35.5. The van der Waals surface area contributed by atoms with Gasteiger partial charge in [0.2, 0.25) is 0 Å². The van der Waals surface area contributed by atoms with Gasteiger partial charge in [-0.25, -0.2) is 9.66 Å². The van der Waals surface area contributed by atoms with Crippen LogP contribution in [0.25, 0.3) is 10.2 Å². The van der Waals surface area contributed by atoms with Gasteiger partial charge in [0.15, 0.2) is 0 Å². The normalized spacial score (nSPS) is 14.6. The molecule has 0 fully saturated rings. The van der Waals surface area contributed by atoms with E-state index in [1.807, 2.05) is 0 Å². The van der Waals surface area contributed by atoms with E-state index in [-0.39, 0.29) is 16.3 Å². The van der Waals surface area contributed by atoms with Crippen molar-refractivity contribution in [1.29, 1.82) is 0 Å². The summed E-state index contributed by atoms with van der Waals surface area (Å²) >= 11 is 7.83. The van der Waals surface area contributed by atoms with Crippen molar-refractivity contribution in [3.63, 3.8) is 0 Å². The lowest BCUT2D eigenvalue weighted by molar-refractivity contribution is 0.0997. The van der Waals surface area contributed by atoms with E-state index in [9.17, 15) is 9.59 Å². The van der Waals surface area contributed by atoms with Gasteiger partial charge in [-0.2, -0.15) is 5.10 Å². The fourth-order valence-corrected chi connectivity index (χ4v) is 5.37. The Kier molecular flexibility index (Phi) is 5.01. The van der Waals surface area contributed by atoms with Gasteiger partial charge in [-0.1, -0.05) is 24.4 Å². The number of rotatable bonds is 2. The van der Waals surface area contributed by atoms with Crippen molar-refractivity contribution in [1.82, 2.24) is 19.4 Å². The lowest BCUT2D eigenvalue weighted by Gasteiger charge is -2.12. The second-order valence-corrected chi connectivity index (χ2v) is 8.67. The molecule has 1 amide bonds. The maximum atomic E-state index is 13.3. The van der Waals surface area contributed by atoms with Gasteiger partial charge in [-0.05, 0) is 45.1 Å². The molecular formula is C19H22ClN5O2S. The average molecular weight is 420 g/mol. The molecule has 0 bridgehead atoms. The molecule has 3 aromatic rings. The zero-order valence-corrected chi connectivity index (χ0v) is 17.7. The second kappa shape index (κ2) is 7.33. The first kappa shape index (κ1) is 19.1. The molecule has 1 N–H and O–H groups in total. The average Bonchev–Trinajstić information content (AvgIpc) is 3.07. The lowest BCUT2D eigenvalue weighted by atomic mass is 9.98. The van der Waals surface area contributed by atoms with E-state index < -0.39 is 5.91 Å². The van der Waals surface area contributed by atoms with Crippen LogP contribution in [0.4, 0.5) is 0 Å². The van der Waals surface area contributed by atoms with Crippen LogP contribution >= 0.6 is 22.9 Å². The Morgan fingerprint density at radius 1 is 1.18 bits per heavy atom. The number of nitrogens with zero attached hydrogens (tertiary/aromatic N) is 4. The predicted octanol–water partition coefficient (Wildman–Crippen LogP) is 3.50. The summed E-state index contributed by atoms with van der Waals surface area (Å²) in [6, 6.07) is 0. The summed E-state index contributed by atoms with van der Waals surface area (Å²) in [7, 11) is 1.65. The van der Waals surface area contributed by atoms with Crippen molar-refractivity contribution >= 4 is 39.1 Å². The SMILES string of the molecule is Cc1nn(C)c(C(=O)Nn2c(C)nc3sc4c(c3c2=O)CCCCCC4)c1Cl. The molecule has 0 saturated carbocycles. The number of aryl methyl sites for hydroxylation is 5. The van der Waals surface area contributed by atoms with Gasteiger partial charge in [0.25, 0.3) is 11.5 Å². The molecule has 0 aliphatic heterocycles. The molecule has 0 unspecified atom stereocenters. The molecule has 3 heterocycles. The van der Waals surface area contributed by atoms with Crippen LogP contribution in [0.5, 0.6) is 0 Å². The molecule has 4 rings (SSSR count). The van der Waals surface area contributed by atoms with Gasteiger partial charge >= 0.3 is 0 Å². The third-order valence-electron chi connectivity index (χ3n) is 5.23. The molecule has 0 atom stereocenters. The first-order chi connectivity index (χ1) is 13.4. The van der Waals surface area contributed by atoms with E-state index in [1.54, 1.807) is 32.2 Å². The Labute approximate surface area is 171 Å². The fraction of sp³-hybridized carbons (Fsp3) is 0.474. The number of halogens is 1. The summed E-state index contributed by atoms with van der Waals surface area (Å²) in [6.07, 6.45) is 6.50. The maximum absolute atomic E-state index is 13.3. The highest BCUT2D eigenvalue weighted by Crippen LogP contribution is 2.32. The summed E-state index contributed by atoms with van der Waals surface area (Å²) in [4.78, 5) is 32.7. The van der Waals surface area contributed by atoms with E-state index in [0.717, 1.165) is 36.1 Å². The van der Waals surface area contributed by atoms with Crippen LogP contribution in [-0.2, 0) is 19.9 Å². The standard InChI is InChI=1S/C19H22ClN5O2S/c1-10-15(20)16(24(3)22-10)17(26)23-25-11(2)21-18-14(19(25)27)12-8-6-4-5-7-9-13(12)28-18/h4-9H2,1-3H3,(H,23,26). The van der Waals surface area contributed by atoms with Gasteiger partial charge in [-0.3, -0.25) is 19.7 Å². The Morgan fingerprint density at radius 3 is 2.57 bits per heavy atom. The van der Waals surface area contributed by atoms with Crippen molar-refractivity contribution < 1.29 is 4.79 Å². The highest BCUT2D eigenvalue weighted by molar-refractivity contribution is 7.18. The minimum absolute atomic E-state index is 0.214. The Morgan fingerprint density at radius 2 is 1.89 bits per heavy atom. The van der Waals surface area contributed by atoms with Crippen LogP contribution in [0, 0.1) is 13.8 Å². The molecule has 1 aliphatic rings. The molecule has 28 heavy (non-hydrogen) atoms. The first-order valence-electron chi connectivity index (χ1n) is 9.43. The van der Waals surface area contributed by atoms with Gasteiger partial charge in [-0.15, -0.1) is 11.3 Å². The molecule has 148 valence electrons. The van der Waals surface area contributed by atoms with Gasteiger partial charge in [0, 0.05) is 11.9 Å². The van der Waals surface area contributed by atoms with E-state index >= 15 is 0 Å². The lowest BCUT2D eigenvalue weighted by Crippen LogP contribution is -2.36. The van der Waals surface area contributed by atoms with E-state index in [4.69, 9.17) is 11.6 Å². The fourth-order valence-electron chi connectivity index (χ4n) is 3.83. The van der Waals surface area contributed by atoms with Crippen molar-refractivity contribution in [2.45, 2.75) is 52.4 Å². The Bertz CT molecular complexity index is 1140. The zero-order chi connectivity index (χ0) is 20.0. The summed E-state index contributed by atoms with van der Waals surface area (Å²) in [5.74, 6) is -0.0485. The summed E-state index contributed by atoms with van der Waals surface area (Å²) in [6.45, 7) is 3.45. The number of carbonyl (C=O) groups excluding carboxylic acids is 1. The Hall–Kier alpha value is -2.19. The van der Waals surface area contributed by atoms with Crippen LogP contribution in [0.15, 0.2) is 4.79 Å². The molecule has 3 aromatic heterocycles. The van der Waals surface area contributed by atoms with E-state index in [2.05, 4.69) is 15.5 Å². The van der Waals surface area contributed by atoms with Crippen LogP contribution in [0.2, 0.25) is 5.02 Å². The van der Waals surface area contributed by atoms with Crippen LogP contribution in [0.1, 0.15) is 58.1 Å². The number of aromatic nitrogens is 4. The molecule has 0 aromatic carbocycles. The van der Waals surface area contributed by atoms with E-state index in [0.29, 0.717) is 16.9 Å². The number of hydrogen-bond donors (Lipinski definition) is 1. The van der Waals surface area contributed by atoms with Gasteiger partial charge in [0.05, 0.1) is 16.1 Å². The number of thiophene rings is 1. The minimum atomic E-state index is -0.488. The summed E-state index contributed by atoms with van der Waals surface area (Å²) in [5, 5.41) is 5.08. The smallest absolute Gasteiger partial charge is 0.267 e. The number of fused-ring (bicyclic) bond motifs is 3. The van der Waals surface area contributed by atoms with Gasteiger partial charge < -0.3 is 0 Å².